The molecule has 1 heterocycles. The van der Waals surface area contributed by atoms with E-state index in [1.807, 2.05) is 18.6 Å². The number of hydrogen-bond donors (Lipinski definition) is 1. The van der Waals surface area contributed by atoms with Gasteiger partial charge in [0, 0.05) is 13.0 Å². The normalized spacial score (nSPS) is 15.9. The van der Waals surface area contributed by atoms with Crippen molar-refractivity contribution in [2.75, 3.05) is 10.8 Å². The molecule has 0 saturated carbocycles. The summed E-state index contributed by atoms with van der Waals surface area (Å²) in [5, 5.41) is 5.03. The van der Waals surface area contributed by atoms with Gasteiger partial charge in [-0.3, -0.25) is 4.31 Å². The van der Waals surface area contributed by atoms with Gasteiger partial charge in [0.05, 0.1) is 5.69 Å². The SMILES string of the molecule is NS(=O)(=O)N1C[CH]c2ccccc21. The second-order valence-electron chi connectivity index (χ2n) is 2.84. The molecule has 1 aliphatic rings. The van der Waals surface area contributed by atoms with E-state index in [4.69, 9.17) is 5.14 Å². The molecular formula is C8H9N2O2S. The molecule has 0 spiro atoms. The van der Waals surface area contributed by atoms with Crippen LogP contribution in [0.2, 0.25) is 0 Å². The van der Waals surface area contributed by atoms with Gasteiger partial charge in [-0.2, -0.15) is 8.42 Å². The van der Waals surface area contributed by atoms with Crippen LogP contribution in [0, 0.1) is 6.42 Å². The number of anilines is 1. The van der Waals surface area contributed by atoms with Crippen molar-refractivity contribution in [2.45, 2.75) is 0 Å². The smallest absolute Gasteiger partial charge is 0.257 e. The Morgan fingerprint density at radius 3 is 2.69 bits per heavy atom. The Balaban J connectivity index is 2.51. The Hall–Kier alpha value is -1.07. The fraction of sp³-hybridized carbons (Fsp3) is 0.125. The predicted molar refractivity (Wildman–Crippen MR) is 50.3 cm³/mol. The zero-order chi connectivity index (χ0) is 9.47. The van der Waals surface area contributed by atoms with Crippen molar-refractivity contribution in [3.8, 4) is 0 Å². The predicted octanol–water partition coefficient (Wildman–Crippen LogP) is 0.262. The average Bonchev–Trinajstić information content (AvgIpc) is 2.45. The third kappa shape index (κ3) is 1.40. The Labute approximate surface area is 77.2 Å². The lowest BCUT2D eigenvalue weighted by Gasteiger charge is -2.15. The zero-order valence-corrected chi connectivity index (χ0v) is 7.66. The zero-order valence-electron chi connectivity index (χ0n) is 6.84. The topological polar surface area (TPSA) is 63.4 Å². The van der Waals surface area contributed by atoms with Crippen molar-refractivity contribution in [3.63, 3.8) is 0 Å². The van der Waals surface area contributed by atoms with Crippen molar-refractivity contribution in [3.05, 3.63) is 36.2 Å². The first kappa shape index (κ1) is 8.52. The van der Waals surface area contributed by atoms with E-state index >= 15 is 0 Å². The highest BCUT2D eigenvalue weighted by atomic mass is 32.2. The highest BCUT2D eigenvalue weighted by molar-refractivity contribution is 7.90. The Morgan fingerprint density at radius 1 is 1.31 bits per heavy atom. The first-order chi connectivity index (χ1) is 6.09. The summed E-state index contributed by atoms with van der Waals surface area (Å²) in [5.41, 5.74) is 1.57. The average molecular weight is 197 g/mol. The summed E-state index contributed by atoms with van der Waals surface area (Å²) in [7, 11) is -3.61. The molecule has 5 heteroatoms. The molecule has 1 aromatic carbocycles. The van der Waals surface area contributed by atoms with Gasteiger partial charge >= 0.3 is 0 Å². The Kier molecular flexibility index (Phi) is 1.78. The minimum Gasteiger partial charge on any atom is -0.257 e. The lowest BCUT2D eigenvalue weighted by Crippen LogP contribution is -2.34. The molecule has 1 aliphatic heterocycles. The lowest BCUT2D eigenvalue weighted by atomic mass is 10.2. The number of fused-ring (bicyclic) bond motifs is 1. The van der Waals surface area contributed by atoms with Crippen molar-refractivity contribution in [1.29, 1.82) is 0 Å². The van der Waals surface area contributed by atoms with Gasteiger partial charge in [0.25, 0.3) is 10.2 Å². The van der Waals surface area contributed by atoms with Crippen LogP contribution >= 0.6 is 0 Å². The monoisotopic (exact) mass is 197 g/mol. The van der Waals surface area contributed by atoms with E-state index in [-0.39, 0.29) is 0 Å². The van der Waals surface area contributed by atoms with Crippen molar-refractivity contribution >= 4 is 15.9 Å². The van der Waals surface area contributed by atoms with Gasteiger partial charge in [-0.15, -0.1) is 0 Å². The number of hydrogen-bond acceptors (Lipinski definition) is 2. The molecule has 1 aromatic rings. The van der Waals surface area contributed by atoms with Crippen LogP contribution in [0.25, 0.3) is 0 Å². The summed E-state index contributed by atoms with van der Waals surface area (Å²) < 4.78 is 23.3. The molecule has 0 amide bonds. The van der Waals surface area contributed by atoms with Gasteiger partial charge in [0.2, 0.25) is 0 Å². The number of nitrogens with zero attached hydrogens (tertiary/aromatic N) is 1. The van der Waals surface area contributed by atoms with E-state index in [9.17, 15) is 8.42 Å². The van der Waals surface area contributed by atoms with Crippen LogP contribution in [-0.4, -0.2) is 15.0 Å². The third-order valence-electron chi connectivity index (χ3n) is 1.99. The fourth-order valence-electron chi connectivity index (χ4n) is 1.41. The summed E-state index contributed by atoms with van der Waals surface area (Å²) in [6.45, 7) is 0.332. The molecule has 0 saturated heterocycles. The molecule has 0 aliphatic carbocycles. The van der Waals surface area contributed by atoms with Crippen LogP contribution in [0.15, 0.2) is 24.3 Å². The maximum absolute atomic E-state index is 11.1. The summed E-state index contributed by atoms with van der Waals surface area (Å²) in [5.74, 6) is 0. The second kappa shape index (κ2) is 2.71. The van der Waals surface area contributed by atoms with Gasteiger partial charge in [-0.25, -0.2) is 5.14 Å². The Morgan fingerprint density at radius 2 is 2.00 bits per heavy atom. The highest BCUT2D eigenvalue weighted by Gasteiger charge is 2.25. The van der Waals surface area contributed by atoms with Crippen LogP contribution in [-0.2, 0) is 10.2 Å². The van der Waals surface area contributed by atoms with Gasteiger partial charge in [0.15, 0.2) is 0 Å². The second-order valence-corrected chi connectivity index (χ2v) is 4.31. The first-order valence-electron chi connectivity index (χ1n) is 3.82. The van der Waals surface area contributed by atoms with Crippen LogP contribution in [0.1, 0.15) is 5.56 Å². The Bertz CT molecular complexity index is 428. The number of nitrogens with two attached hydrogens (primary N) is 1. The third-order valence-corrected chi connectivity index (χ3v) is 2.95. The van der Waals surface area contributed by atoms with E-state index in [1.54, 1.807) is 12.1 Å². The van der Waals surface area contributed by atoms with E-state index < -0.39 is 10.2 Å². The summed E-state index contributed by atoms with van der Waals surface area (Å²) in [4.78, 5) is 0. The molecule has 13 heavy (non-hydrogen) atoms. The molecule has 0 atom stereocenters. The van der Waals surface area contributed by atoms with E-state index in [0.29, 0.717) is 12.2 Å². The van der Waals surface area contributed by atoms with E-state index in [0.717, 1.165) is 5.56 Å². The van der Waals surface area contributed by atoms with Crippen LogP contribution in [0.4, 0.5) is 5.69 Å². The number of para-hydroxylation sites is 1. The molecule has 69 valence electrons. The first-order valence-corrected chi connectivity index (χ1v) is 5.32. The molecule has 4 nitrogen and oxygen atoms in total. The summed E-state index contributed by atoms with van der Waals surface area (Å²) >= 11 is 0. The maximum Gasteiger partial charge on any atom is 0.299 e. The van der Waals surface area contributed by atoms with Gasteiger partial charge in [-0.1, -0.05) is 18.2 Å². The molecular weight excluding hydrogens is 188 g/mol. The molecule has 1 radical (unpaired) electrons. The largest absolute Gasteiger partial charge is 0.299 e. The molecule has 2 rings (SSSR count). The lowest BCUT2D eigenvalue weighted by molar-refractivity contribution is 0.595. The number of rotatable bonds is 1. The van der Waals surface area contributed by atoms with Gasteiger partial charge in [-0.05, 0) is 11.6 Å². The van der Waals surface area contributed by atoms with Crippen LogP contribution < -0.4 is 9.44 Å². The highest BCUT2D eigenvalue weighted by Crippen LogP contribution is 2.29. The molecule has 2 N–H and O–H groups in total. The minimum atomic E-state index is -3.61. The molecule has 0 bridgehead atoms. The molecule has 0 fully saturated rings. The van der Waals surface area contributed by atoms with Crippen molar-refractivity contribution in [1.82, 2.24) is 0 Å². The standard InChI is InChI=1S/C8H9N2O2S/c9-13(11,12)10-6-5-7-3-1-2-4-8(7)10/h1-5H,6H2,(H2,9,11,12). The van der Waals surface area contributed by atoms with Crippen LogP contribution in [0.3, 0.4) is 0 Å². The van der Waals surface area contributed by atoms with E-state index in [2.05, 4.69) is 0 Å². The minimum absolute atomic E-state index is 0.332. The fourth-order valence-corrected chi connectivity index (χ4v) is 2.13. The van der Waals surface area contributed by atoms with Crippen molar-refractivity contribution < 1.29 is 8.42 Å². The van der Waals surface area contributed by atoms with Crippen LogP contribution in [0.5, 0.6) is 0 Å². The van der Waals surface area contributed by atoms with Crippen molar-refractivity contribution in [2.24, 2.45) is 5.14 Å². The maximum atomic E-state index is 11.1. The molecule has 0 aromatic heterocycles. The molecule has 0 unspecified atom stereocenters. The summed E-state index contributed by atoms with van der Waals surface area (Å²) in [6, 6.07) is 7.25. The quantitative estimate of drug-likeness (QED) is 0.702. The van der Waals surface area contributed by atoms with Gasteiger partial charge in [0.1, 0.15) is 0 Å². The number of benzene rings is 1. The van der Waals surface area contributed by atoms with Gasteiger partial charge < -0.3 is 0 Å². The summed E-state index contributed by atoms with van der Waals surface area (Å²) in [6.07, 6.45) is 1.83. The van der Waals surface area contributed by atoms with E-state index in [1.165, 1.54) is 4.31 Å².